The Morgan fingerprint density at radius 1 is 0.414 bits per heavy atom. The van der Waals surface area contributed by atoms with Crippen molar-refractivity contribution in [3.63, 3.8) is 0 Å². The molecular formula is C24H18InN4. The molecular weight excluding hydrogens is 459 g/mol. The number of hydrogen-bond donors (Lipinski definition) is 4. The summed E-state index contributed by atoms with van der Waals surface area (Å²) >= 11 is 0. The molecule has 8 bridgehead atoms. The van der Waals surface area contributed by atoms with Gasteiger partial charge < -0.3 is 19.9 Å². The maximum Gasteiger partial charge on any atom is 0.0485 e. The van der Waals surface area contributed by atoms with Crippen molar-refractivity contribution in [2.75, 3.05) is 0 Å². The molecule has 0 spiro atoms. The Labute approximate surface area is 185 Å². The number of aromatic nitrogens is 4. The van der Waals surface area contributed by atoms with Gasteiger partial charge in [-0.3, -0.25) is 0 Å². The van der Waals surface area contributed by atoms with Gasteiger partial charge in [-0.2, -0.15) is 0 Å². The standard InChI is InChI=1S/C24H18N4.In/c1-2-4-22-21(3-1)23-13-19-9-7-17(26-19)11-15-5-6-16(25-15)12-18-8-10-20(27-18)14-24(22)28-23;/h1-14,25-28H;. The summed E-state index contributed by atoms with van der Waals surface area (Å²) in [6, 6.07) is 21.1. The molecule has 1 aromatic carbocycles. The Bertz CT molecular complexity index is 1460. The third-order valence-corrected chi connectivity index (χ3v) is 5.19. The summed E-state index contributed by atoms with van der Waals surface area (Å²) in [6.07, 6.45) is 8.56. The summed E-state index contributed by atoms with van der Waals surface area (Å²) in [5, 5.41) is 6.76. The van der Waals surface area contributed by atoms with E-state index in [0.29, 0.717) is 0 Å². The minimum absolute atomic E-state index is 0. The second-order valence-corrected chi connectivity index (χ2v) is 7.18. The SMILES string of the molecule is C1=c2ccc([nH]2)=Cc2ccc([nH]2)C=c2[nH]c(c3ccccc23)=Cc2ccc1[nH]2.[In]. The first-order chi connectivity index (χ1) is 13.8. The van der Waals surface area contributed by atoms with E-state index in [1.165, 1.54) is 10.8 Å². The fraction of sp³-hybridized carbons (Fsp3) is 0. The summed E-state index contributed by atoms with van der Waals surface area (Å²) in [5.41, 5.74) is 4.27. The van der Waals surface area contributed by atoms with Crippen LogP contribution in [0, 0.1) is 0 Å². The van der Waals surface area contributed by atoms with Crippen LogP contribution >= 0.6 is 0 Å². The van der Waals surface area contributed by atoms with Gasteiger partial charge in [-0.25, -0.2) is 0 Å². The summed E-state index contributed by atoms with van der Waals surface area (Å²) in [4.78, 5) is 14.0. The van der Waals surface area contributed by atoms with E-state index in [1.807, 2.05) is 0 Å². The number of aromatic amines is 4. The summed E-state index contributed by atoms with van der Waals surface area (Å²) in [7, 11) is 0. The molecule has 137 valence electrons. The molecule has 6 rings (SSSR count). The van der Waals surface area contributed by atoms with Crippen LogP contribution in [0.3, 0.4) is 0 Å². The van der Waals surface area contributed by atoms with Gasteiger partial charge in [0.1, 0.15) is 0 Å². The van der Waals surface area contributed by atoms with E-state index in [4.69, 9.17) is 0 Å². The van der Waals surface area contributed by atoms with Crippen LogP contribution in [0.1, 0.15) is 22.8 Å². The predicted molar refractivity (Wildman–Crippen MR) is 119 cm³/mol. The summed E-state index contributed by atoms with van der Waals surface area (Å²) in [6.45, 7) is 0. The van der Waals surface area contributed by atoms with Crippen molar-refractivity contribution in [1.82, 2.24) is 19.9 Å². The van der Waals surface area contributed by atoms with Crippen LogP contribution < -0.4 is 21.4 Å². The van der Waals surface area contributed by atoms with E-state index in [0.717, 1.165) is 44.2 Å². The monoisotopic (exact) mass is 477 g/mol. The van der Waals surface area contributed by atoms with Gasteiger partial charge in [-0.05, 0) is 60.7 Å². The molecule has 5 heterocycles. The fourth-order valence-corrected chi connectivity index (χ4v) is 3.90. The zero-order valence-corrected chi connectivity index (χ0v) is 19.0. The van der Waals surface area contributed by atoms with E-state index < -0.39 is 0 Å². The second kappa shape index (κ2) is 7.08. The summed E-state index contributed by atoms with van der Waals surface area (Å²) in [5.74, 6) is 0. The van der Waals surface area contributed by atoms with Crippen LogP contribution in [0.2, 0.25) is 0 Å². The quantitative estimate of drug-likeness (QED) is 0.256. The van der Waals surface area contributed by atoms with Crippen LogP contribution in [0.25, 0.3) is 35.1 Å². The molecule has 4 aromatic heterocycles. The van der Waals surface area contributed by atoms with Crippen molar-refractivity contribution in [1.29, 1.82) is 0 Å². The fourth-order valence-electron chi connectivity index (χ4n) is 3.90. The van der Waals surface area contributed by atoms with Gasteiger partial charge in [0.25, 0.3) is 0 Å². The normalized spacial score (nSPS) is 12.3. The predicted octanol–water partition coefficient (Wildman–Crippen LogP) is 1.40. The molecule has 0 saturated heterocycles. The molecule has 0 saturated carbocycles. The van der Waals surface area contributed by atoms with Crippen molar-refractivity contribution in [2.45, 2.75) is 0 Å². The van der Waals surface area contributed by atoms with E-state index >= 15 is 0 Å². The van der Waals surface area contributed by atoms with Crippen molar-refractivity contribution in [3.05, 3.63) is 105 Å². The van der Waals surface area contributed by atoms with E-state index in [9.17, 15) is 0 Å². The first-order valence-electron chi connectivity index (χ1n) is 9.37. The molecule has 5 heteroatoms. The number of nitrogens with one attached hydrogen (secondary N) is 4. The minimum Gasteiger partial charge on any atom is -0.355 e. The van der Waals surface area contributed by atoms with Crippen LogP contribution in [0.4, 0.5) is 0 Å². The number of hydrogen-bond acceptors (Lipinski definition) is 0. The Kier molecular flexibility index (Phi) is 4.40. The molecule has 0 aliphatic carbocycles. The molecule has 5 aromatic rings. The number of fused-ring (bicyclic) bond motifs is 11. The molecule has 4 N–H and O–H groups in total. The minimum atomic E-state index is 0. The average Bonchev–Trinajstić information content (AvgIpc) is 3.47. The number of benzene rings is 1. The van der Waals surface area contributed by atoms with Crippen LogP contribution in [-0.4, -0.2) is 45.8 Å². The van der Waals surface area contributed by atoms with Gasteiger partial charge in [0.05, 0.1) is 0 Å². The maximum atomic E-state index is 3.59. The molecule has 1 aliphatic heterocycles. The topological polar surface area (TPSA) is 63.2 Å². The average molecular weight is 477 g/mol. The molecule has 1 aliphatic rings. The van der Waals surface area contributed by atoms with Crippen LogP contribution in [0.5, 0.6) is 0 Å². The molecule has 0 atom stereocenters. The largest absolute Gasteiger partial charge is 0.355 e. The van der Waals surface area contributed by atoms with E-state index in [2.05, 4.69) is 105 Å². The van der Waals surface area contributed by atoms with Crippen molar-refractivity contribution < 1.29 is 0 Å². The number of H-pyrrole nitrogens is 4. The van der Waals surface area contributed by atoms with Crippen molar-refractivity contribution >= 4 is 60.9 Å². The first-order valence-corrected chi connectivity index (χ1v) is 9.37. The van der Waals surface area contributed by atoms with E-state index in [-0.39, 0.29) is 25.8 Å². The zero-order valence-electron chi connectivity index (χ0n) is 15.7. The summed E-state index contributed by atoms with van der Waals surface area (Å²) < 4.78 is 0. The third-order valence-electron chi connectivity index (χ3n) is 5.19. The molecule has 0 fully saturated rings. The Morgan fingerprint density at radius 3 is 1.34 bits per heavy atom. The first kappa shape index (κ1) is 18.0. The molecule has 0 unspecified atom stereocenters. The van der Waals surface area contributed by atoms with Gasteiger partial charge in [-0.1, -0.05) is 24.3 Å². The van der Waals surface area contributed by atoms with Crippen molar-refractivity contribution in [2.24, 2.45) is 0 Å². The molecule has 0 amide bonds. The smallest absolute Gasteiger partial charge is 0.0485 e. The Balaban J connectivity index is 0.00000181. The molecule has 3 radical (unpaired) electrons. The van der Waals surface area contributed by atoms with Crippen molar-refractivity contribution in [3.8, 4) is 0 Å². The Morgan fingerprint density at radius 2 is 0.862 bits per heavy atom. The Hall–Kier alpha value is -3.05. The van der Waals surface area contributed by atoms with Gasteiger partial charge in [0, 0.05) is 80.8 Å². The van der Waals surface area contributed by atoms with Gasteiger partial charge in [0.15, 0.2) is 0 Å². The number of rotatable bonds is 0. The maximum absolute atomic E-state index is 3.59. The zero-order chi connectivity index (χ0) is 18.5. The van der Waals surface area contributed by atoms with Crippen LogP contribution in [0.15, 0.2) is 60.7 Å². The second-order valence-electron chi connectivity index (χ2n) is 7.18. The third kappa shape index (κ3) is 3.32. The van der Waals surface area contributed by atoms with Crippen LogP contribution in [-0.2, 0) is 0 Å². The van der Waals surface area contributed by atoms with Gasteiger partial charge in [-0.15, -0.1) is 0 Å². The van der Waals surface area contributed by atoms with Gasteiger partial charge >= 0.3 is 0 Å². The van der Waals surface area contributed by atoms with E-state index in [1.54, 1.807) is 0 Å². The molecule has 29 heavy (non-hydrogen) atoms. The molecule has 4 nitrogen and oxygen atoms in total. The van der Waals surface area contributed by atoms with Gasteiger partial charge in [0.2, 0.25) is 0 Å².